The zero-order valence-electron chi connectivity index (χ0n) is 13.4. The molecule has 1 aliphatic heterocycles. The summed E-state index contributed by atoms with van der Waals surface area (Å²) < 4.78 is 6.93. The second kappa shape index (κ2) is 5.82. The van der Waals surface area contributed by atoms with Gasteiger partial charge in [0.1, 0.15) is 17.8 Å². The van der Waals surface area contributed by atoms with Crippen LogP contribution in [0.1, 0.15) is 28.2 Å². The van der Waals surface area contributed by atoms with Crippen LogP contribution < -0.4 is 16.1 Å². The third-order valence-corrected chi connectivity index (χ3v) is 4.30. The lowest BCUT2D eigenvalue weighted by atomic mass is 9.83. The number of aromatic nitrogens is 2. The van der Waals surface area contributed by atoms with Gasteiger partial charge in [-0.1, -0.05) is 18.2 Å². The van der Waals surface area contributed by atoms with Gasteiger partial charge in [-0.15, -0.1) is 4.91 Å². The number of benzene rings is 2. The van der Waals surface area contributed by atoms with Gasteiger partial charge in [0, 0.05) is 11.5 Å². The van der Waals surface area contributed by atoms with E-state index in [0.29, 0.717) is 16.9 Å². The Morgan fingerprint density at radius 2 is 2.15 bits per heavy atom. The van der Waals surface area contributed by atoms with Gasteiger partial charge in [0.15, 0.2) is 5.49 Å². The molecule has 1 aromatic heterocycles. The quantitative estimate of drug-likeness (QED) is 0.426. The average Bonchev–Trinajstić information content (AvgIpc) is 2.68. The Morgan fingerprint density at radius 3 is 2.92 bits per heavy atom. The summed E-state index contributed by atoms with van der Waals surface area (Å²) in [5.74, 6) is 6.10. The van der Waals surface area contributed by atoms with Crippen molar-refractivity contribution >= 4 is 5.69 Å². The molecule has 4 rings (SSSR count). The normalized spacial score (nSPS) is 14.5. The Bertz CT molecular complexity index is 1150. The van der Waals surface area contributed by atoms with Crippen molar-refractivity contribution in [3.63, 3.8) is 0 Å². The lowest BCUT2D eigenvalue weighted by Crippen LogP contribution is -2.33. The Balaban J connectivity index is 2.03. The van der Waals surface area contributed by atoms with Crippen molar-refractivity contribution in [2.45, 2.75) is 5.92 Å². The van der Waals surface area contributed by atoms with Crippen LogP contribution >= 0.6 is 0 Å². The summed E-state index contributed by atoms with van der Waals surface area (Å²) in [6.07, 6.45) is 1.29. The first-order valence-electron chi connectivity index (χ1n) is 7.69. The number of nitrogens with one attached hydrogen (secondary N) is 1. The van der Waals surface area contributed by atoms with Crippen molar-refractivity contribution in [3.8, 4) is 17.7 Å². The number of nitrogens with two attached hydrogens (primary N) is 1. The maximum absolute atomic E-state index is 11.0. The molecule has 0 saturated carbocycles. The maximum Gasteiger partial charge on any atom is 0.228 e. The molecule has 0 saturated heterocycles. The average molecular weight is 344 g/mol. The zero-order chi connectivity index (χ0) is 18.3. The summed E-state index contributed by atoms with van der Waals surface area (Å²) in [6.45, 7) is 0. The smallest absolute Gasteiger partial charge is 0.228 e. The van der Waals surface area contributed by atoms with Crippen LogP contribution in [0.3, 0.4) is 0 Å². The SMILES string of the molecule is N#Cc1ccc2c(c1)Oc1ncn(N)c(=N)c1C2c1cccc(N=O)c1. The van der Waals surface area contributed by atoms with E-state index in [1.807, 2.05) is 6.07 Å². The van der Waals surface area contributed by atoms with Crippen LogP contribution in [0.15, 0.2) is 54.0 Å². The number of hydrogen-bond acceptors (Lipinski definition) is 7. The van der Waals surface area contributed by atoms with Crippen molar-refractivity contribution in [1.29, 1.82) is 10.7 Å². The fourth-order valence-corrected chi connectivity index (χ4v) is 3.12. The molecule has 0 radical (unpaired) electrons. The molecule has 1 atom stereocenters. The first kappa shape index (κ1) is 15.5. The zero-order valence-corrected chi connectivity index (χ0v) is 13.4. The first-order valence-corrected chi connectivity index (χ1v) is 7.69. The number of hydrogen-bond donors (Lipinski definition) is 2. The third kappa shape index (κ3) is 2.31. The second-order valence-electron chi connectivity index (χ2n) is 5.81. The number of nitroso groups, excluding NO2 is 1. The van der Waals surface area contributed by atoms with Crippen molar-refractivity contribution in [2.24, 2.45) is 5.18 Å². The van der Waals surface area contributed by atoms with Crippen LogP contribution in [0.25, 0.3) is 0 Å². The van der Waals surface area contributed by atoms with Gasteiger partial charge in [-0.3, -0.25) is 5.41 Å². The van der Waals surface area contributed by atoms with Gasteiger partial charge < -0.3 is 10.6 Å². The summed E-state index contributed by atoms with van der Waals surface area (Å²) in [7, 11) is 0. The van der Waals surface area contributed by atoms with Crippen molar-refractivity contribution < 1.29 is 4.74 Å². The maximum atomic E-state index is 11.0. The van der Waals surface area contributed by atoms with E-state index in [0.717, 1.165) is 15.8 Å². The highest BCUT2D eigenvalue weighted by atomic mass is 16.5. The minimum absolute atomic E-state index is 0.0412. The molecule has 3 N–H and O–H groups in total. The minimum atomic E-state index is -0.431. The summed E-state index contributed by atoms with van der Waals surface area (Å²) in [4.78, 5) is 15.1. The number of rotatable bonds is 2. The van der Waals surface area contributed by atoms with E-state index >= 15 is 0 Å². The molecule has 0 aliphatic carbocycles. The fourth-order valence-electron chi connectivity index (χ4n) is 3.12. The molecule has 8 nitrogen and oxygen atoms in total. The number of nitrogens with zero attached hydrogens (tertiary/aromatic N) is 4. The Kier molecular flexibility index (Phi) is 3.48. The molecule has 0 fully saturated rings. The van der Waals surface area contributed by atoms with Crippen molar-refractivity contribution in [1.82, 2.24) is 9.66 Å². The molecule has 126 valence electrons. The lowest BCUT2D eigenvalue weighted by molar-refractivity contribution is 0.426. The first-order chi connectivity index (χ1) is 12.6. The second-order valence-corrected chi connectivity index (χ2v) is 5.81. The van der Waals surface area contributed by atoms with E-state index in [9.17, 15) is 4.91 Å². The molecule has 1 unspecified atom stereocenters. The van der Waals surface area contributed by atoms with Gasteiger partial charge in [0.05, 0.1) is 17.2 Å². The summed E-state index contributed by atoms with van der Waals surface area (Å²) in [6, 6.07) is 14.0. The van der Waals surface area contributed by atoms with E-state index in [1.165, 1.54) is 6.33 Å². The van der Waals surface area contributed by atoms with Crippen LogP contribution in [0, 0.1) is 21.6 Å². The van der Waals surface area contributed by atoms with E-state index in [1.54, 1.807) is 36.4 Å². The minimum Gasteiger partial charge on any atom is -0.438 e. The summed E-state index contributed by atoms with van der Waals surface area (Å²) >= 11 is 0. The number of ether oxygens (including phenoxy) is 1. The van der Waals surface area contributed by atoms with Crippen LogP contribution in [-0.4, -0.2) is 9.66 Å². The Morgan fingerprint density at radius 1 is 1.31 bits per heavy atom. The van der Waals surface area contributed by atoms with Crippen molar-refractivity contribution in [2.75, 3.05) is 5.84 Å². The molecule has 3 aromatic rings. The molecule has 0 bridgehead atoms. The highest BCUT2D eigenvalue weighted by Crippen LogP contribution is 2.45. The lowest BCUT2D eigenvalue weighted by Gasteiger charge is -2.28. The number of nitriles is 1. The van der Waals surface area contributed by atoms with E-state index < -0.39 is 5.92 Å². The molecule has 8 heteroatoms. The topological polar surface area (TPSA) is 130 Å². The number of nitrogen functional groups attached to an aromatic ring is 1. The van der Waals surface area contributed by atoms with Gasteiger partial charge in [-0.25, -0.2) is 9.66 Å². The largest absolute Gasteiger partial charge is 0.438 e. The molecule has 2 heterocycles. The molecular formula is C18H12N6O2. The summed E-state index contributed by atoms with van der Waals surface area (Å²) in [5.41, 5.74) is 2.75. The highest BCUT2D eigenvalue weighted by molar-refractivity contribution is 5.59. The molecule has 0 amide bonds. The monoisotopic (exact) mass is 344 g/mol. The van der Waals surface area contributed by atoms with Gasteiger partial charge in [-0.2, -0.15) is 5.26 Å². The van der Waals surface area contributed by atoms with Gasteiger partial charge in [0.25, 0.3) is 0 Å². The molecular weight excluding hydrogens is 332 g/mol. The summed E-state index contributed by atoms with van der Waals surface area (Å²) in [5, 5.41) is 20.5. The van der Waals surface area contributed by atoms with Crippen molar-refractivity contribution in [3.05, 3.63) is 81.4 Å². The molecule has 1 aliphatic rings. The Labute approximate surface area is 147 Å². The van der Waals surface area contributed by atoms with Crippen LogP contribution in [0.4, 0.5) is 5.69 Å². The van der Waals surface area contributed by atoms with E-state index in [2.05, 4.69) is 16.2 Å². The van der Waals surface area contributed by atoms with E-state index in [-0.39, 0.29) is 17.1 Å². The molecule has 2 aromatic carbocycles. The van der Waals surface area contributed by atoms with Crippen LogP contribution in [0.5, 0.6) is 11.6 Å². The third-order valence-electron chi connectivity index (χ3n) is 4.30. The fraction of sp³-hybridized carbons (Fsp3) is 0.0556. The standard InChI is InChI=1S/C18H12N6O2/c19-8-10-4-5-13-14(6-10)26-18-16(17(20)24(21)9-22-18)15(13)11-2-1-3-12(7-11)23-25/h1-7,9,15,20H,21H2. The predicted molar refractivity (Wildman–Crippen MR) is 92.3 cm³/mol. The number of fused-ring (bicyclic) bond motifs is 2. The predicted octanol–water partition coefficient (Wildman–Crippen LogP) is 2.63. The van der Waals surface area contributed by atoms with Gasteiger partial charge in [0.2, 0.25) is 5.88 Å². The Hall–Kier alpha value is -3.99. The molecule has 26 heavy (non-hydrogen) atoms. The van der Waals surface area contributed by atoms with E-state index in [4.69, 9.17) is 21.3 Å². The van der Waals surface area contributed by atoms with Crippen LogP contribution in [0.2, 0.25) is 0 Å². The molecule has 0 spiro atoms. The van der Waals surface area contributed by atoms with Crippen LogP contribution in [-0.2, 0) is 0 Å². The van der Waals surface area contributed by atoms with Gasteiger partial charge in [-0.05, 0) is 35.0 Å². The highest BCUT2D eigenvalue weighted by Gasteiger charge is 2.32. The van der Waals surface area contributed by atoms with Gasteiger partial charge >= 0.3 is 0 Å².